The monoisotopic (exact) mass is 381 g/mol. The van der Waals surface area contributed by atoms with Crippen LogP contribution in [0.25, 0.3) is 12.2 Å². The summed E-state index contributed by atoms with van der Waals surface area (Å²) in [5.74, 6) is -2.37. The number of benzene rings is 2. The molecule has 2 aromatic rings. The van der Waals surface area contributed by atoms with Gasteiger partial charge in [0.2, 0.25) is 0 Å². The van der Waals surface area contributed by atoms with Gasteiger partial charge in [0.25, 0.3) is 11.7 Å². The minimum Gasteiger partial charge on any atom is -0.497 e. The maximum atomic E-state index is 12.9. The fourth-order valence-electron chi connectivity index (χ4n) is 3.45. The maximum absolute atomic E-state index is 12.9. The molecule has 1 spiro atoms. The fraction of sp³-hybridized carbons (Fsp3) is 0.238. The molecular formula is C21H19NO6. The zero-order chi connectivity index (χ0) is 19.7. The average molecular weight is 381 g/mol. The van der Waals surface area contributed by atoms with Gasteiger partial charge < -0.3 is 19.3 Å². The molecule has 0 radical (unpaired) electrons. The Morgan fingerprint density at radius 2 is 1.79 bits per heavy atom. The van der Waals surface area contributed by atoms with Crippen molar-refractivity contribution in [3.8, 4) is 5.75 Å². The third kappa shape index (κ3) is 3.04. The van der Waals surface area contributed by atoms with Crippen LogP contribution in [0.4, 0.5) is 5.69 Å². The smallest absolute Gasteiger partial charge is 0.323 e. The molecule has 28 heavy (non-hydrogen) atoms. The number of anilines is 1. The largest absolute Gasteiger partial charge is 0.497 e. The van der Waals surface area contributed by atoms with Gasteiger partial charge >= 0.3 is 5.97 Å². The summed E-state index contributed by atoms with van der Waals surface area (Å²) in [6, 6.07) is 13.0. The molecule has 2 heterocycles. The number of methoxy groups -OCH3 is 1. The Kier molecular flexibility index (Phi) is 4.62. The highest BCUT2D eigenvalue weighted by Crippen LogP contribution is 2.46. The van der Waals surface area contributed by atoms with Gasteiger partial charge in [-0.1, -0.05) is 30.4 Å². The first-order valence-corrected chi connectivity index (χ1v) is 8.82. The van der Waals surface area contributed by atoms with Gasteiger partial charge in [0.15, 0.2) is 0 Å². The van der Waals surface area contributed by atoms with Gasteiger partial charge in [-0.05, 0) is 35.4 Å². The van der Waals surface area contributed by atoms with Crippen LogP contribution in [0.3, 0.4) is 0 Å². The van der Waals surface area contributed by atoms with Gasteiger partial charge in [-0.15, -0.1) is 0 Å². The zero-order valence-electron chi connectivity index (χ0n) is 15.3. The van der Waals surface area contributed by atoms with Crippen molar-refractivity contribution < 1.29 is 28.9 Å². The maximum Gasteiger partial charge on any atom is 0.323 e. The molecule has 1 saturated heterocycles. The number of ether oxygens (including phenoxy) is 3. The number of carboxylic acids is 1. The number of carboxylic acid groups (broad SMARTS) is 1. The predicted octanol–water partition coefficient (Wildman–Crippen LogP) is 2.50. The Bertz CT molecular complexity index is 944. The summed E-state index contributed by atoms with van der Waals surface area (Å²) in [6.45, 7) is 0.108. The van der Waals surface area contributed by atoms with Crippen LogP contribution in [0.15, 0.2) is 42.5 Å². The molecule has 1 N–H and O–H groups in total. The summed E-state index contributed by atoms with van der Waals surface area (Å²) in [6.07, 6.45) is 3.85. The van der Waals surface area contributed by atoms with Crippen LogP contribution < -0.4 is 9.64 Å². The Hall–Kier alpha value is -3.16. The van der Waals surface area contributed by atoms with Gasteiger partial charge in [-0.25, -0.2) is 0 Å². The van der Waals surface area contributed by atoms with E-state index in [-0.39, 0.29) is 13.2 Å². The Balaban J connectivity index is 1.68. The number of rotatable bonds is 5. The second-order valence-corrected chi connectivity index (χ2v) is 6.48. The number of hydrogen-bond donors (Lipinski definition) is 1. The fourth-order valence-corrected chi connectivity index (χ4v) is 3.45. The second kappa shape index (κ2) is 7.10. The molecule has 0 saturated carbocycles. The zero-order valence-corrected chi connectivity index (χ0v) is 15.3. The molecule has 2 aliphatic rings. The normalized spacial score (nSPS) is 17.5. The molecule has 7 nitrogen and oxygen atoms in total. The molecule has 7 heteroatoms. The lowest BCUT2D eigenvalue weighted by molar-refractivity contribution is -0.181. The molecular weight excluding hydrogens is 362 g/mol. The summed E-state index contributed by atoms with van der Waals surface area (Å²) in [5, 5.41) is 9.16. The lowest BCUT2D eigenvalue weighted by atomic mass is 10.0. The molecule has 1 fully saturated rings. The van der Waals surface area contributed by atoms with E-state index in [0.717, 1.165) is 16.9 Å². The average Bonchev–Trinajstić information content (AvgIpc) is 3.28. The van der Waals surface area contributed by atoms with Crippen molar-refractivity contribution in [2.24, 2.45) is 0 Å². The van der Waals surface area contributed by atoms with Gasteiger partial charge in [-0.2, -0.15) is 0 Å². The number of fused-ring (bicyclic) bond motifs is 2. The molecule has 2 aromatic carbocycles. The second-order valence-electron chi connectivity index (χ2n) is 6.48. The van der Waals surface area contributed by atoms with Crippen LogP contribution in [-0.2, 0) is 24.8 Å². The van der Waals surface area contributed by atoms with Crippen LogP contribution in [0.1, 0.15) is 16.7 Å². The predicted molar refractivity (Wildman–Crippen MR) is 102 cm³/mol. The Morgan fingerprint density at radius 1 is 1.14 bits per heavy atom. The molecule has 0 bridgehead atoms. The molecule has 4 rings (SSSR count). The molecule has 0 unspecified atom stereocenters. The third-order valence-corrected chi connectivity index (χ3v) is 4.76. The van der Waals surface area contributed by atoms with E-state index in [0.29, 0.717) is 11.3 Å². The highest BCUT2D eigenvalue weighted by atomic mass is 16.7. The van der Waals surface area contributed by atoms with E-state index in [4.69, 9.17) is 19.3 Å². The molecule has 2 aliphatic heterocycles. The van der Waals surface area contributed by atoms with Crippen LogP contribution in [0.2, 0.25) is 0 Å². The van der Waals surface area contributed by atoms with Crippen LogP contribution in [-0.4, -0.2) is 43.9 Å². The van der Waals surface area contributed by atoms with E-state index in [2.05, 4.69) is 0 Å². The quantitative estimate of drug-likeness (QED) is 0.801. The first kappa shape index (κ1) is 18.2. The molecule has 0 aromatic heterocycles. The van der Waals surface area contributed by atoms with E-state index >= 15 is 0 Å². The minimum absolute atomic E-state index is 0.276. The van der Waals surface area contributed by atoms with E-state index < -0.39 is 24.2 Å². The Morgan fingerprint density at radius 3 is 2.43 bits per heavy atom. The van der Waals surface area contributed by atoms with Crippen molar-refractivity contribution >= 4 is 29.7 Å². The number of aliphatic carboxylic acids is 1. The number of nitrogens with zero attached hydrogens (tertiary/aromatic N) is 1. The summed E-state index contributed by atoms with van der Waals surface area (Å²) >= 11 is 0. The van der Waals surface area contributed by atoms with Gasteiger partial charge in [-0.3, -0.25) is 14.5 Å². The first-order valence-electron chi connectivity index (χ1n) is 8.82. The number of carbonyl (C=O) groups excluding carboxylic acids is 1. The van der Waals surface area contributed by atoms with Crippen molar-refractivity contribution in [1.82, 2.24) is 0 Å². The molecule has 1 amide bonds. The Labute approximate surface area is 161 Å². The summed E-state index contributed by atoms with van der Waals surface area (Å²) in [5.41, 5.74) is 2.87. The lowest BCUT2D eigenvalue weighted by Gasteiger charge is -2.21. The number of carbonyl (C=O) groups is 2. The standard InChI is InChI=1S/C21H19NO6/c1-26-16-7-4-14(5-8-16)2-3-15-6-9-18-17(12-15)21(27-10-11-28-21)20(25)22(18)13-19(23)24/h2-9,12H,10-11,13H2,1H3,(H,23,24)/b3-2+. The van der Waals surface area contributed by atoms with E-state index in [1.165, 1.54) is 4.90 Å². The molecule has 0 atom stereocenters. The minimum atomic E-state index is -1.55. The highest BCUT2D eigenvalue weighted by Gasteiger charge is 2.56. The summed E-state index contributed by atoms with van der Waals surface area (Å²) < 4.78 is 16.5. The third-order valence-electron chi connectivity index (χ3n) is 4.76. The number of hydrogen-bond acceptors (Lipinski definition) is 5. The van der Waals surface area contributed by atoms with E-state index in [1.807, 2.05) is 42.5 Å². The van der Waals surface area contributed by atoms with Gasteiger partial charge in [0, 0.05) is 5.56 Å². The van der Waals surface area contributed by atoms with Crippen LogP contribution in [0, 0.1) is 0 Å². The topological polar surface area (TPSA) is 85.3 Å². The van der Waals surface area contributed by atoms with Crippen LogP contribution >= 0.6 is 0 Å². The van der Waals surface area contributed by atoms with Crippen molar-refractivity contribution in [2.45, 2.75) is 5.79 Å². The van der Waals surface area contributed by atoms with Gasteiger partial charge in [0.1, 0.15) is 12.3 Å². The highest BCUT2D eigenvalue weighted by molar-refractivity contribution is 6.08. The summed E-state index contributed by atoms with van der Waals surface area (Å²) in [7, 11) is 1.62. The number of amides is 1. The van der Waals surface area contributed by atoms with Crippen molar-refractivity contribution in [3.63, 3.8) is 0 Å². The van der Waals surface area contributed by atoms with E-state index in [9.17, 15) is 9.59 Å². The molecule has 0 aliphatic carbocycles. The molecule has 144 valence electrons. The SMILES string of the molecule is COc1ccc(/C=C/c2ccc3c(c2)C2(OCCO2)C(=O)N3CC(=O)O)cc1. The van der Waals surface area contributed by atoms with Crippen molar-refractivity contribution in [3.05, 3.63) is 59.2 Å². The van der Waals surface area contributed by atoms with Crippen LogP contribution in [0.5, 0.6) is 5.75 Å². The first-order chi connectivity index (χ1) is 13.5. The van der Waals surface area contributed by atoms with Gasteiger partial charge in [0.05, 0.1) is 26.0 Å². The van der Waals surface area contributed by atoms with Crippen molar-refractivity contribution in [1.29, 1.82) is 0 Å². The summed E-state index contributed by atoms with van der Waals surface area (Å²) in [4.78, 5) is 25.2. The van der Waals surface area contributed by atoms with Crippen molar-refractivity contribution in [2.75, 3.05) is 31.8 Å². The lowest BCUT2D eigenvalue weighted by Crippen LogP contribution is -2.43. The van der Waals surface area contributed by atoms with E-state index in [1.54, 1.807) is 19.2 Å².